The van der Waals surface area contributed by atoms with Crippen molar-refractivity contribution in [1.82, 2.24) is 0 Å². The van der Waals surface area contributed by atoms with Crippen LogP contribution in [0, 0.1) is 5.92 Å². The van der Waals surface area contributed by atoms with Crippen molar-refractivity contribution in [3.63, 3.8) is 0 Å². The van der Waals surface area contributed by atoms with Gasteiger partial charge in [-0.2, -0.15) is 0 Å². The van der Waals surface area contributed by atoms with Crippen molar-refractivity contribution in [2.45, 2.75) is 77.4 Å². The summed E-state index contributed by atoms with van der Waals surface area (Å²) in [6, 6.07) is 7.05. The number of aliphatic carboxylic acids is 1. The Morgan fingerprint density at radius 3 is 2.42 bits per heavy atom. The Morgan fingerprint density at radius 1 is 1.25 bits per heavy atom. The Hall–Kier alpha value is -1.71. The number of anilines is 1. The van der Waals surface area contributed by atoms with E-state index in [0.29, 0.717) is 6.42 Å². The fraction of sp³-hybridized carbons (Fsp3) is 0.650. The molecule has 134 valence electrons. The molecule has 1 unspecified atom stereocenters. The van der Waals surface area contributed by atoms with E-state index in [1.807, 2.05) is 31.2 Å². The van der Waals surface area contributed by atoms with Crippen LogP contribution in [-0.2, 0) is 4.79 Å². The van der Waals surface area contributed by atoms with E-state index in [1.165, 1.54) is 32.1 Å². The third-order valence-corrected chi connectivity index (χ3v) is 4.80. The van der Waals surface area contributed by atoms with E-state index in [0.717, 1.165) is 23.8 Å². The summed E-state index contributed by atoms with van der Waals surface area (Å²) in [6.07, 6.45) is 8.35. The summed E-state index contributed by atoms with van der Waals surface area (Å²) in [5.41, 5.74) is 0.631. The van der Waals surface area contributed by atoms with Crippen LogP contribution in [-0.4, -0.2) is 22.7 Å². The van der Waals surface area contributed by atoms with E-state index in [-0.39, 0.29) is 5.60 Å². The predicted octanol–water partition coefficient (Wildman–Crippen LogP) is 5.09. The Balaban J connectivity index is 1.91. The summed E-state index contributed by atoms with van der Waals surface area (Å²) >= 11 is 0. The number of hydrogen-bond acceptors (Lipinski definition) is 3. The number of hydrogen-bond donors (Lipinski definition) is 2. The largest absolute Gasteiger partial charge is 0.488 e. The first-order valence-corrected chi connectivity index (χ1v) is 9.18. The highest BCUT2D eigenvalue weighted by molar-refractivity contribution is 5.77. The molecule has 1 aromatic carbocycles. The molecular formula is C20H31NO3. The van der Waals surface area contributed by atoms with Crippen LogP contribution in [0.4, 0.5) is 5.69 Å². The average Bonchev–Trinajstić information content (AvgIpc) is 2.54. The summed E-state index contributed by atoms with van der Waals surface area (Å²) < 4.78 is 6.19. The SMILES string of the molecule is CCC(Nc1ccc(OC(C)(C)CC2CCCCC2)cc1)C(=O)O. The second kappa shape index (κ2) is 8.41. The van der Waals surface area contributed by atoms with Gasteiger partial charge in [-0.1, -0.05) is 39.0 Å². The molecule has 1 aromatic rings. The number of benzene rings is 1. The van der Waals surface area contributed by atoms with Crippen LogP contribution < -0.4 is 10.1 Å². The first-order valence-electron chi connectivity index (χ1n) is 9.18. The van der Waals surface area contributed by atoms with Gasteiger partial charge in [-0.3, -0.25) is 0 Å². The highest BCUT2D eigenvalue weighted by atomic mass is 16.5. The van der Waals surface area contributed by atoms with E-state index in [9.17, 15) is 4.79 Å². The number of carboxylic acids is 1. The van der Waals surface area contributed by atoms with Crippen molar-refractivity contribution < 1.29 is 14.6 Å². The summed E-state index contributed by atoms with van der Waals surface area (Å²) in [4.78, 5) is 11.1. The summed E-state index contributed by atoms with van der Waals surface area (Å²) in [6.45, 7) is 6.17. The first-order chi connectivity index (χ1) is 11.4. The third-order valence-electron chi connectivity index (χ3n) is 4.80. The minimum Gasteiger partial charge on any atom is -0.488 e. The van der Waals surface area contributed by atoms with Crippen LogP contribution in [0.3, 0.4) is 0 Å². The van der Waals surface area contributed by atoms with Gasteiger partial charge in [0.1, 0.15) is 17.4 Å². The van der Waals surface area contributed by atoms with E-state index in [2.05, 4.69) is 19.2 Å². The van der Waals surface area contributed by atoms with Crippen molar-refractivity contribution in [3.05, 3.63) is 24.3 Å². The maximum Gasteiger partial charge on any atom is 0.326 e. The summed E-state index contributed by atoms with van der Waals surface area (Å²) in [5, 5.41) is 12.1. The molecule has 1 saturated carbocycles. The lowest BCUT2D eigenvalue weighted by Crippen LogP contribution is -2.32. The molecule has 1 fully saturated rings. The van der Waals surface area contributed by atoms with Gasteiger partial charge in [0.15, 0.2) is 0 Å². The Labute approximate surface area is 145 Å². The van der Waals surface area contributed by atoms with Crippen LogP contribution in [0.2, 0.25) is 0 Å². The smallest absolute Gasteiger partial charge is 0.326 e. The number of ether oxygens (including phenoxy) is 1. The minimum atomic E-state index is -0.827. The van der Waals surface area contributed by atoms with Crippen molar-refractivity contribution in [2.75, 3.05) is 5.32 Å². The highest BCUT2D eigenvalue weighted by Crippen LogP contribution is 2.33. The molecule has 2 N–H and O–H groups in total. The van der Waals surface area contributed by atoms with Gasteiger partial charge in [0.2, 0.25) is 0 Å². The number of carbonyl (C=O) groups is 1. The van der Waals surface area contributed by atoms with Crippen molar-refractivity contribution in [2.24, 2.45) is 5.92 Å². The molecule has 1 aliphatic rings. The average molecular weight is 333 g/mol. The van der Waals surface area contributed by atoms with Gasteiger partial charge in [0.05, 0.1) is 0 Å². The molecule has 4 nitrogen and oxygen atoms in total. The maximum atomic E-state index is 11.1. The molecule has 0 heterocycles. The zero-order valence-electron chi connectivity index (χ0n) is 15.2. The molecule has 0 amide bonds. The van der Waals surface area contributed by atoms with Crippen LogP contribution in [0.15, 0.2) is 24.3 Å². The molecule has 0 radical (unpaired) electrons. The lowest BCUT2D eigenvalue weighted by atomic mass is 9.82. The van der Waals surface area contributed by atoms with Gasteiger partial charge < -0.3 is 15.2 Å². The lowest BCUT2D eigenvalue weighted by Gasteiger charge is -2.32. The van der Waals surface area contributed by atoms with Gasteiger partial charge in [0, 0.05) is 5.69 Å². The molecule has 0 aromatic heterocycles. The third kappa shape index (κ3) is 5.73. The van der Waals surface area contributed by atoms with Crippen molar-refractivity contribution in [1.29, 1.82) is 0 Å². The zero-order chi connectivity index (χ0) is 17.6. The Kier molecular flexibility index (Phi) is 6.52. The molecule has 0 spiro atoms. The number of carboxylic acid groups (broad SMARTS) is 1. The molecule has 0 saturated heterocycles. The quantitative estimate of drug-likeness (QED) is 0.696. The van der Waals surface area contributed by atoms with E-state index in [4.69, 9.17) is 9.84 Å². The van der Waals surface area contributed by atoms with Crippen LogP contribution in [0.1, 0.15) is 65.7 Å². The lowest BCUT2D eigenvalue weighted by molar-refractivity contribution is -0.137. The monoisotopic (exact) mass is 333 g/mol. The fourth-order valence-electron chi connectivity index (χ4n) is 3.61. The minimum absolute atomic E-state index is 0.177. The molecule has 0 aliphatic heterocycles. The number of nitrogens with one attached hydrogen (secondary N) is 1. The second-order valence-corrected chi connectivity index (χ2v) is 7.54. The molecule has 1 aliphatic carbocycles. The van der Waals surface area contributed by atoms with Gasteiger partial charge >= 0.3 is 5.97 Å². The molecule has 0 bridgehead atoms. The van der Waals surface area contributed by atoms with Crippen molar-refractivity contribution >= 4 is 11.7 Å². The van der Waals surface area contributed by atoms with Crippen LogP contribution >= 0.6 is 0 Å². The Morgan fingerprint density at radius 2 is 1.88 bits per heavy atom. The number of rotatable bonds is 8. The first kappa shape index (κ1) is 18.6. The summed E-state index contributed by atoms with van der Waals surface area (Å²) in [5.74, 6) is 0.784. The molecule has 2 rings (SSSR count). The Bertz CT molecular complexity index is 518. The van der Waals surface area contributed by atoms with Crippen LogP contribution in [0.5, 0.6) is 5.75 Å². The van der Waals surface area contributed by atoms with Gasteiger partial charge in [-0.25, -0.2) is 4.79 Å². The predicted molar refractivity (Wildman–Crippen MR) is 97.7 cm³/mol. The normalized spacial score (nSPS) is 17.3. The van der Waals surface area contributed by atoms with Crippen LogP contribution in [0.25, 0.3) is 0 Å². The van der Waals surface area contributed by atoms with Gasteiger partial charge in [-0.15, -0.1) is 0 Å². The fourth-order valence-corrected chi connectivity index (χ4v) is 3.61. The topological polar surface area (TPSA) is 58.6 Å². The molecular weight excluding hydrogens is 302 g/mol. The van der Waals surface area contributed by atoms with Gasteiger partial charge in [0.25, 0.3) is 0 Å². The van der Waals surface area contributed by atoms with Gasteiger partial charge in [-0.05, 0) is 56.9 Å². The van der Waals surface area contributed by atoms with E-state index >= 15 is 0 Å². The maximum absolute atomic E-state index is 11.1. The van der Waals surface area contributed by atoms with Crippen molar-refractivity contribution in [3.8, 4) is 5.75 Å². The van der Waals surface area contributed by atoms with E-state index in [1.54, 1.807) is 0 Å². The molecule has 4 heteroatoms. The summed E-state index contributed by atoms with van der Waals surface area (Å²) in [7, 11) is 0. The molecule has 24 heavy (non-hydrogen) atoms. The standard InChI is InChI=1S/C20H31NO3/c1-4-18(19(22)23)21-16-10-12-17(13-11-16)24-20(2,3)14-15-8-6-5-7-9-15/h10-13,15,18,21H,4-9,14H2,1-3H3,(H,22,23). The zero-order valence-corrected chi connectivity index (χ0v) is 15.2. The molecule has 1 atom stereocenters. The highest BCUT2D eigenvalue weighted by Gasteiger charge is 2.26. The van der Waals surface area contributed by atoms with E-state index < -0.39 is 12.0 Å². The second-order valence-electron chi connectivity index (χ2n) is 7.54.